The molecule has 0 bridgehead atoms. The molecule has 6 rings (SSSR count). The first-order chi connectivity index (χ1) is 43.5. The van der Waals surface area contributed by atoms with Crippen molar-refractivity contribution in [2.75, 3.05) is 112 Å². The van der Waals surface area contributed by atoms with Gasteiger partial charge in [0.15, 0.2) is 0 Å². The SMILES string of the molecule is CC(=O)CCCc1cccc(OCCOC(=O)OCCc2cccc(OCCOC(=O)OCCc3cccc(OCCO)c3)c2)c1.O=C(OCCOc1cccc(CCO)c1)OCCc1cccc(OCCOC(=O)OCCc2cccc(OCCO)c2)c1. The minimum absolute atomic E-state index is 0.0127. The number of ether oxygens (including phenoxy) is 14. The molecule has 0 unspecified atom stereocenters. The highest BCUT2D eigenvalue weighted by Crippen LogP contribution is 2.20. The molecule has 0 aliphatic rings. The Hall–Kier alpha value is -9.25. The molecular formula is C67H80O22. The molecule has 0 fully saturated rings. The van der Waals surface area contributed by atoms with Gasteiger partial charge in [0.1, 0.15) is 106 Å². The van der Waals surface area contributed by atoms with E-state index >= 15 is 0 Å². The van der Waals surface area contributed by atoms with E-state index < -0.39 is 24.6 Å². The highest BCUT2D eigenvalue weighted by atomic mass is 16.7. The van der Waals surface area contributed by atoms with Gasteiger partial charge in [-0.3, -0.25) is 0 Å². The van der Waals surface area contributed by atoms with Gasteiger partial charge >= 0.3 is 24.6 Å². The second-order valence-electron chi connectivity index (χ2n) is 19.2. The second kappa shape index (κ2) is 43.4. The summed E-state index contributed by atoms with van der Waals surface area (Å²) >= 11 is 0. The molecule has 0 aliphatic carbocycles. The van der Waals surface area contributed by atoms with E-state index in [9.17, 15) is 24.0 Å². The molecule has 0 saturated heterocycles. The first kappa shape index (κ1) is 70.5. The van der Waals surface area contributed by atoms with Gasteiger partial charge in [0.2, 0.25) is 0 Å². The molecule has 0 radical (unpaired) electrons. The van der Waals surface area contributed by atoms with E-state index in [1.807, 2.05) is 115 Å². The van der Waals surface area contributed by atoms with Crippen molar-refractivity contribution in [1.82, 2.24) is 0 Å². The van der Waals surface area contributed by atoms with Crippen molar-refractivity contribution in [2.45, 2.75) is 58.3 Å². The quantitative estimate of drug-likeness (QED) is 0.0183. The van der Waals surface area contributed by atoms with E-state index in [0.717, 1.165) is 46.2 Å². The number of hydrogen-bond donors (Lipinski definition) is 3. The third-order valence-corrected chi connectivity index (χ3v) is 12.2. The Morgan fingerprint density at radius 3 is 0.764 bits per heavy atom. The van der Waals surface area contributed by atoms with Crippen LogP contribution in [0.3, 0.4) is 0 Å². The minimum Gasteiger partial charge on any atom is -0.491 e. The topological polar surface area (TPSA) is 275 Å². The first-order valence-corrected chi connectivity index (χ1v) is 29.3. The molecule has 0 atom stereocenters. The average Bonchev–Trinajstić information content (AvgIpc) is 3.68. The average molecular weight is 1240 g/mol. The van der Waals surface area contributed by atoms with Gasteiger partial charge in [-0.1, -0.05) is 72.8 Å². The van der Waals surface area contributed by atoms with Crippen molar-refractivity contribution in [3.63, 3.8) is 0 Å². The van der Waals surface area contributed by atoms with E-state index in [2.05, 4.69) is 0 Å². The Morgan fingerprint density at radius 2 is 0.517 bits per heavy atom. The largest absolute Gasteiger partial charge is 0.508 e. The predicted octanol–water partition coefficient (Wildman–Crippen LogP) is 9.66. The molecule has 0 aliphatic heterocycles. The molecular weight excluding hydrogens is 1160 g/mol. The van der Waals surface area contributed by atoms with Gasteiger partial charge in [0.05, 0.1) is 39.6 Å². The third-order valence-electron chi connectivity index (χ3n) is 12.2. The van der Waals surface area contributed by atoms with Gasteiger partial charge < -0.3 is 86.4 Å². The lowest BCUT2D eigenvalue weighted by Crippen LogP contribution is -2.15. The fourth-order valence-corrected chi connectivity index (χ4v) is 8.06. The predicted molar refractivity (Wildman–Crippen MR) is 324 cm³/mol. The number of hydrogen-bond acceptors (Lipinski definition) is 22. The zero-order valence-corrected chi connectivity index (χ0v) is 50.1. The number of Topliss-reactive ketones (excluding diaryl/α,β-unsaturated/α-hetero) is 1. The van der Waals surface area contributed by atoms with Crippen molar-refractivity contribution in [3.8, 4) is 34.5 Å². The Bertz CT molecular complexity index is 3000. The summed E-state index contributed by atoms with van der Waals surface area (Å²) in [5.41, 5.74) is 5.68. The van der Waals surface area contributed by atoms with E-state index in [1.54, 1.807) is 37.3 Å². The zero-order valence-electron chi connectivity index (χ0n) is 50.1. The molecule has 0 spiro atoms. The van der Waals surface area contributed by atoms with Crippen molar-refractivity contribution in [2.24, 2.45) is 0 Å². The third kappa shape index (κ3) is 32.3. The van der Waals surface area contributed by atoms with Gasteiger partial charge in [0, 0.05) is 38.7 Å². The van der Waals surface area contributed by atoms with Crippen LogP contribution >= 0.6 is 0 Å². The van der Waals surface area contributed by atoms with Gasteiger partial charge in [-0.25, -0.2) is 19.2 Å². The van der Waals surface area contributed by atoms with Crippen LogP contribution in [0.4, 0.5) is 19.2 Å². The summed E-state index contributed by atoms with van der Waals surface area (Å²) in [6.07, 6.45) is 1.45. The molecule has 89 heavy (non-hydrogen) atoms. The maximum atomic E-state index is 11.9. The number of aliphatic hydroxyl groups excluding tert-OH is 3. The standard InChI is InChI=1S/C35H42O11.C32H38O11/c1-27(37)6-2-7-28-8-3-12-32(24-28)41-20-22-45-35(39)44-18-15-30-10-5-13-33(26-30)42-21-23-46-34(38)43-17-14-29-9-4-11-31(25-29)40-19-16-36;33-13-10-25-4-1-8-29(22-25)38-18-20-42-32(36)41-16-12-27-6-3-9-30(24-27)39-19-21-43-31(35)40-15-11-26-5-2-7-28(23-26)37-17-14-34/h3-5,8-13,24-26,36H,2,6-7,14-23H2,1H3;1-9,22-24,33-34H,10-21H2. The normalized spacial score (nSPS) is 10.5. The van der Waals surface area contributed by atoms with Crippen molar-refractivity contribution >= 4 is 30.4 Å². The van der Waals surface area contributed by atoms with Crippen LogP contribution in [-0.4, -0.2) is 158 Å². The summed E-state index contributed by atoms with van der Waals surface area (Å²) in [6, 6.07) is 44.2. The van der Waals surface area contributed by atoms with Crippen LogP contribution in [0.25, 0.3) is 0 Å². The maximum absolute atomic E-state index is 11.9. The number of aryl methyl sites for hydroxylation is 1. The first-order valence-electron chi connectivity index (χ1n) is 29.3. The Labute approximate surface area is 518 Å². The minimum atomic E-state index is -0.785. The molecule has 22 nitrogen and oxygen atoms in total. The molecule has 22 heteroatoms. The molecule has 6 aromatic carbocycles. The lowest BCUT2D eigenvalue weighted by Gasteiger charge is -2.10. The van der Waals surface area contributed by atoms with Gasteiger partial charge in [-0.2, -0.15) is 0 Å². The van der Waals surface area contributed by atoms with Crippen LogP contribution < -0.4 is 28.4 Å². The number of ketones is 1. The van der Waals surface area contributed by atoms with Crippen molar-refractivity contribution in [1.29, 1.82) is 0 Å². The van der Waals surface area contributed by atoms with E-state index in [0.29, 0.717) is 73.0 Å². The monoisotopic (exact) mass is 1240 g/mol. The fourth-order valence-electron chi connectivity index (χ4n) is 8.06. The lowest BCUT2D eigenvalue weighted by molar-refractivity contribution is -0.117. The molecule has 6 aromatic rings. The van der Waals surface area contributed by atoms with E-state index in [4.69, 9.17) is 81.6 Å². The van der Waals surface area contributed by atoms with Crippen LogP contribution in [0.2, 0.25) is 0 Å². The van der Waals surface area contributed by atoms with Crippen LogP contribution in [0, 0.1) is 0 Å². The van der Waals surface area contributed by atoms with Crippen LogP contribution in [0.15, 0.2) is 146 Å². The maximum Gasteiger partial charge on any atom is 0.508 e. The summed E-state index contributed by atoms with van der Waals surface area (Å²) in [5.74, 6) is 3.93. The smallest absolute Gasteiger partial charge is 0.491 e. The van der Waals surface area contributed by atoms with Crippen LogP contribution in [0.1, 0.15) is 53.1 Å². The van der Waals surface area contributed by atoms with Crippen molar-refractivity contribution < 1.29 is 106 Å². The lowest BCUT2D eigenvalue weighted by atomic mass is 10.1. The molecule has 0 amide bonds. The Balaban J connectivity index is 0.000000325. The van der Waals surface area contributed by atoms with E-state index in [-0.39, 0.29) is 118 Å². The van der Waals surface area contributed by atoms with E-state index in [1.165, 1.54) is 0 Å². The summed E-state index contributed by atoms with van der Waals surface area (Å²) in [6.45, 7) is 3.24. The molecule has 0 saturated carbocycles. The fraction of sp³-hybridized carbons (Fsp3) is 0.388. The Morgan fingerprint density at radius 1 is 0.281 bits per heavy atom. The summed E-state index contributed by atoms with van der Waals surface area (Å²) in [7, 11) is 0. The van der Waals surface area contributed by atoms with Crippen LogP contribution in [0.5, 0.6) is 34.5 Å². The highest BCUT2D eigenvalue weighted by molar-refractivity contribution is 5.75. The van der Waals surface area contributed by atoms with Crippen LogP contribution in [-0.2, 0) is 81.2 Å². The summed E-state index contributed by atoms with van der Waals surface area (Å²) < 4.78 is 74.0. The zero-order chi connectivity index (χ0) is 63.4. The second-order valence-corrected chi connectivity index (χ2v) is 19.2. The molecule has 3 N–H and O–H groups in total. The number of benzene rings is 6. The number of aliphatic hydroxyl groups is 3. The number of carbonyl (C=O) groups excluding carboxylic acids is 5. The number of rotatable bonds is 40. The van der Waals surface area contributed by atoms with Crippen molar-refractivity contribution in [3.05, 3.63) is 179 Å². The highest BCUT2D eigenvalue weighted by Gasteiger charge is 2.11. The van der Waals surface area contributed by atoms with Gasteiger partial charge in [-0.15, -0.1) is 0 Å². The molecule has 480 valence electrons. The van der Waals surface area contributed by atoms with Gasteiger partial charge in [0.25, 0.3) is 0 Å². The summed E-state index contributed by atoms with van der Waals surface area (Å²) in [5, 5.41) is 26.7. The number of carbonyl (C=O) groups is 5. The molecule has 0 heterocycles. The Kier molecular flexibility index (Phi) is 34.4. The van der Waals surface area contributed by atoms with Gasteiger partial charge in [-0.05, 0) is 132 Å². The molecule has 0 aromatic heterocycles. The summed E-state index contributed by atoms with van der Waals surface area (Å²) in [4.78, 5) is 58.6.